The van der Waals surface area contributed by atoms with Gasteiger partial charge in [-0.3, -0.25) is 0 Å². The van der Waals surface area contributed by atoms with Crippen molar-refractivity contribution in [1.29, 1.82) is 0 Å². The number of ether oxygens (including phenoxy) is 2. The number of rotatable bonds is 13. The zero-order chi connectivity index (χ0) is 24.2. The van der Waals surface area contributed by atoms with Gasteiger partial charge in [-0.1, -0.05) is 34.6 Å². The molecule has 0 aromatic heterocycles. The Morgan fingerprint density at radius 2 is 1.10 bits per heavy atom. The van der Waals surface area contributed by atoms with Crippen LogP contribution in [0.5, 0.6) is 0 Å². The topological polar surface area (TPSA) is 52.6 Å². The van der Waals surface area contributed by atoms with E-state index in [2.05, 4.69) is 48.5 Å². The number of sulfone groups is 1. The molecule has 0 spiro atoms. The summed E-state index contributed by atoms with van der Waals surface area (Å²) >= 11 is 0. The Morgan fingerprint density at radius 1 is 0.667 bits per heavy atom. The van der Waals surface area contributed by atoms with E-state index in [0.717, 1.165) is 19.4 Å². The highest BCUT2D eigenvalue weighted by atomic mass is 32.2. The van der Waals surface area contributed by atoms with Crippen molar-refractivity contribution in [3.63, 3.8) is 0 Å². The van der Waals surface area contributed by atoms with Crippen LogP contribution < -0.4 is 0 Å². The highest BCUT2D eigenvalue weighted by Gasteiger charge is 2.49. The van der Waals surface area contributed by atoms with Crippen molar-refractivity contribution in [1.82, 2.24) is 0 Å². The van der Waals surface area contributed by atoms with E-state index in [1.165, 1.54) is 0 Å². The van der Waals surface area contributed by atoms with Gasteiger partial charge >= 0.3 is 0 Å². The Kier molecular flexibility index (Phi) is 10.2. The monoisotopic (exact) mass is 448 g/mol. The summed E-state index contributed by atoms with van der Waals surface area (Å²) in [5.41, 5.74) is -0.844. The van der Waals surface area contributed by atoms with Crippen LogP contribution >= 0.6 is 0 Å². The van der Waals surface area contributed by atoms with Crippen LogP contribution in [0.1, 0.15) is 116 Å². The van der Waals surface area contributed by atoms with Gasteiger partial charge in [-0.2, -0.15) is 0 Å². The minimum Gasteiger partial charge on any atom is -0.375 e. The van der Waals surface area contributed by atoms with E-state index in [0.29, 0.717) is 25.4 Å². The molecule has 0 radical (unpaired) electrons. The third-order valence-corrected chi connectivity index (χ3v) is 8.85. The molecule has 0 aromatic rings. The first-order valence-corrected chi connectivity index (χ1v) is 13.0. The van der Waals surface area contributed by atoms with Gasteiger partial charge in [0.2, 0.25) is 0 Å². The summed E-state index contributed by atoms with van der Waals surface area (Å²) in [5.74, 6) is 0.627. The molecule has 0 amide bonds. The SMILES string of the molecule is CC(C)CCOC(C)(C)CCOC(C)(C)CC(C)(C)S(=O)(=O)C(C)(C)CC(C)(C)C. The second-order valence-corrected chi connectivity index (χ2v) is 16.3. The smallest absolute Gasteiger partial charge is 0.160 e. The molecule has 0 heterocycles. The molecular weight excluding hydrogens is 396 g/mol. The zero-order valence-corrected chi connectivity index (χ0v) is 23.2. The maximum atomic E-state index is 13.6. The minimum absolute atomic E-state index is 0.0557. The van der Waals surface area contributed by atoms with Gasteiger partial charge in [0.15, 0.2) is 9.84 Å². The highest BCUT2D eigenvalue weighted by molar-refractivity contribution is 7.94. The summed E-state index contributed by atoms with van der Waals surface area (Å²) < 4.78 is 37.7. The van der Waals surface area contributed by atoms with E-state index >= 15 is 0 Å². The fourth-order valence-corrected chi connectivity index (χ4v) is 7.16. The lowest BCUT2D eigenvalue weighted by atomic mass is 9.86. The van der Waals surface area contributed by atoms with Crippen LogP contribution in [0.2, 0.25) is 0 Å². The quantitative estimate of drug-likeness (QED) is 0.310. The zero-order valence-electron chi connectivity index (χ0n) is 22.4. The van der Waals surface area contributed by atoms with Crippen LogP contribution in [0, 0.1) is 11.3 Å². The normalized spacial score (nSPS) is 15.1. The Bertz CT molecular complexity index is 620. The van der Waals surface area contributed by atoms with E-state index in [4.69, 9.17) is 9.47 Å². The van der Waals surface area contributed by atoms with Crippen molar-refractivity contribution in [3.8, 4) is 0 Å². The summed E-state index contributed by atoms with van der Waals surface area (Å²) in [6.07, 6.45) is 2.89. The average molecular weight is 449 g/mol. The molecule has 0 unspecified atom stereocenters. The summed E-state index contributed by atoms with van der Waals surface area (Å²) in [5, 5.41) is 0. The third kappa shape index (κ3) is 9.99. The van der Waals surface area contributed by atoms with Crippen molar-refractivity contribution in [2.45, 2.75) is 136 Å². The van der Waals surface area contributed by atoms with Crippen LogP contribution in [0.25, 0.3) is 0 Å². The van der Waals surface area contributed by atoms with Crippen molar-refractivity contribution in [2.24, 2.45) is 11.3 Å². The second kappa shape index (κ2) is 10.2. The van der Waals surface area contributed by atoms with Gasteiger partial charge < -0.3 is 9.47 Å². The van der Waals surface area contributed by atoms with Gasteiger partial charge in [0, 0.05) is 6.61 Å². The van der Waals surface area contributed by atoms with E-state index in [1.54, 1.807) is 0 Å². The predicted molar refractivity (Wildman–Crippen MR) is 130 cm³/mol. The fraction of sp³-hybridized carbons (Fsp3) is 1.00. The van der Waals surface area contributed by atoms with Crippen LogP contribution in [0.15, 0.2) is 0 Å². The molecular formula is C25H52O4S. The first-order chi connectivity index (χ1) is 13.0. The van der Waals surface area contributed by atoms with Gasteiger partial charge in [0.25, 0.3) is 0 Å². The maximum absolute atomic E-state index is 13.6. The van der Waals surface area contributed by atoms with E-state index in [1.807, 2.05) is 41.5 Å². The second-order valence-electron chi connectivity index (χ2n) is 13.1. The van der Waals surface area contributed by atoms with Gasteiger partial charge in [0.1, 0.15) is 0 Å². The summed E-state index contributed by atoms with van der Waals surface area (Å²) in [7, 11) is -3.38. The molecule has 5 heteroatoms. The fourth-order valence-electron chi connectivity index (χ4n) is 4.51. The largest absolute Gasteiger partial charge is 0.375 e. The van der Waals surface area contributed by atoms with Crippen molar-refractivity contribution >= 4 is 9.84 Å². The molecule has 182 valence electrons. The predicted octanol–water partition coefficient (Wildman–Crippen LogP) is 6.81. The molecule has 0 rings (SSSR count). The molecule has 0 bridgehead atoms. The lowest BCUT2D eigenvalue weighted by Crippen LogP contribution is -2.50. The van der Waals surface area contributed by atoms with E-state index in [9.17, 15) is 8.42 Å². The number of hydrogen-bond acceptors (Lipinski definition) is 4. The standard InChI is InChI=1S/C25H52O4S/c1-20(2)14-16-28-22(6,7)15-17-29-23(8,9)19-25(12,13)30(26,27)24(10,11)18-21(3,4)5/h20H,14-19H2,1-13H3. The first kappa shape index (κ1) is 29.9. The highest BCUT2D eigenvalue weighted by Crippen LogP contribution is 2.41. The van der Waals surface area contributed by atoms with Gasteiger partial charge in [-0.25, -0.2) is 8.42 Å². The Hall–Kier alpha value is -0.130. The molecule has 0 aliphatic heterocycles. The Balaban J connectivity index is 5.04. The first-order valence-electron chi connectivity index (χ1n) is 11.6. The maximum Gasteiger partial charge on any atom is 0.160 e. The van der Waals surface area contributed by atoms with Crippen LogP contribution in [0.4, 0.5) is 0 Å². The minimum atomic E-state index is -3.38. The lowest BCUT2D eigenvalue weighted by Gasteiger charge is -2.42. The van der Waals surface area contributed by atoms with Crippen LogP contribution in [-0.4, -0.2) is 42.3 Å². The van der Waals surface area contributed by atoms with Crippen molar-refractivity contribution < 1.29 is 17.9 Å². The molecule has 30 heavy (non-hydrogen) atoms. The molecule has 0 N–H and O–H groups in total. The number of hydrogen-bond donors (Lipinski definition) is 0. The van der Waals surface area contributed by atoms with Crippen molar-refractivity contribution in [3.05, 3.63) is 0 Å². The summed E-state index contributed by atoms with van der Waals surface area (Å²) in [6.45, 7) is 27.5. The Morgan fingerprint density at radius 3 is 1.53 bits per heavy atom. The molecule has 0 aliphatic rings. The molecule has 0 saturated carbocycles. The van der Waals surface area contributed by atoms with E-state index in [-0.39, 0.29) is 11.0 Å². The average Bonchev–Trinajstić information content (AvgIpc) is 2.41. The van der Waals surface area contributed by atoms with Gasteiger partial charge in [-0.15, -0.1) is 0 Å². The van der Waals surface area contributed by atoms with Gasteiger partial charge in [0.05, 0.1) is 27.3 Å². The molecule has 0 saturated heterocycles. The molecule has 4 nitrogen and oxygen atoms in total. The summed E-state index contributed by atoms with van der Waals surface area (Å²) in [6, 6.07) is 0. The van der Waals surface area contributed by atoms with Crippen LogP contribution in [-0.2, 0) is 19.3 Å². The summed E-state index contributed by atoms with van der Waals surface area (Å²) in [4.78, 5) is 0. The molecule has 0 aromatic carbocycles. The molecule has 0 fully saturated rings. The lowest BCUT2D eigenvalue weighted by molar-refractivity contribution is -0.0780. The van der Waals surface area contributed by atoms with Gasteiger partial charge in [-0.05, 0) is 92.4 Å². The third-order valence-electron chi connectivity index (χ3n) is 5.65. The van der Waals surface area contributed by atoms with E-state index < -0.39 is 24.9 Å². The molecule has 0 atom stereocenters. The van der Waals surface area contributed by atoms with Crippen LogP contribution in [0.3, 0.4) is 0 Å². The van der Waals surface area contributed by atoms with Crippen molar-refractivity contribution in [2.75, 3.05) is 13.2 Å². The Labute approximate surface area is 188 Å². The molecule has 0 aliphatic carbocycles.